The Labute approximate surface area is 109 Å². The minimum Gasteiger partial charge on any atom is -0.484 e. The number of carbonyl (C=O) groups is 1. The first-order valence-corrected chi connectivity index (χ1v) is 6.19. The molecule has 0 atom stereocenters. The molecule has 0 saturated heterocycles. The van der Waals surface area contributed by atoms with Crippen LogP contribution in [0.5, 0.6) is 5.75 Å². The molecule has 4 nitrogen and oxygen atoms in total. The van der Waals surface area contributed by atoms with Crippen molar-refractivity contribution < 1.29 is 9.53 Å². The molecule has 0 heterocycles. The van der Waals surface area contributed by atoms with E-state index in [1.165, 1.54) is 0 Å². The third-order valence-electron chi connectivity index (χ3n) is 2.46. The topological polar surface area (TPSA) is 41.6 Å². The summed E-state index contributed by atoms with van der Waals surface area (Å²) in [7, 11) is 4.03. The van der Waals surface area contributed by atoms with Crippen molar-refractivity contribution in [1.82, 2.24) is 10.2 Å². The van der Waals surface area contributed by atoms with Gasteiger partial charge < -0.3 is 15.0 Å². The molecule has 1 aromatic rings. The molecule has 0 aromatic heterocycles. The number of hydrogen-bond acceptors (Lipinski definition) is 3. The third-order valence-corrected chi connectivity index (χ3v) is 2.46. The monoisotopic (exact) mass is 250 g/mol. The lowest BCUT2D eigenvalue weighted by Crippen LogP contribution is -2.31. The Bertz CT molecular complexity index is 378. The summed E-state index contributed by atoms with van der Waals surface area (Å²) in [5.41, 5.74) is 1.12. The van der Waals surface area contributed by atoms with Crippen LogP contribution < -0.4 is 10.1 Å². The zero-order valence-corrected chi connectivity index (χ0v) is 11.4. The van der Waals surface area contributed by atoms with Crippen LogP contribution in [0.3, 0.4) is 0 Å². The number of aryl methyl sites for hydroxylation is 1. The lowest BCUT2D eigenvalue weighted by molar-refractivity contribution is -0.123. The van der Waals surface area contributed by atoms with E-state index in [4.69, 9.17) is 4.74 Å². The van der Waals surface area contributed by atoms with E-state index in [9.17, 15) is 4.79 Å². The number of ether oxygens (including phenoxy) is 1. The SMILES string of the molecule is Cc1cccc(OCC(=O)NCCCN(C)C)c1. The summed E-state index contributed by atoms with van der Waals surface area (Å²) < 4.78 is 5.40. The van der Waals surface area contributed by atoms with Crippen LogP contribution in [0.1, 0.15) is 12.0 Å². The highest BCUT2D eigenvalue weighted by atomic mass is 16.5. The first-order valence-electron chi connectivity index (χ1n) is 6.19. The molecule has 1 N–H and O–H groups in total. The van der Waals surface area contributed by atoms with Gasteiger partial charge in [0, 0.05) is 6.54 Å². The Morgan fingerprint density at radius 1 is 1.39 bits per heavy atom. The lowest BCUT2D eigenvalue weighted by Gasteiger charge is -2.10. The molecular weight excluding hydrogens is 228 g/mol. The number of rotatable bonds is 7. The normalized spacial score (nSPS) is 10.4. The van der Waals surface area contributed by atoms with Gasteiger partial charge in [-0.3, -0.25) is 4.79 Å². The highest BCUT2D eigenvalue weighted by Crippen LogP contribution is 2.11. The van der Waals surface area contributed by atoms with Gasteiger partial charge in [-0.05, 0) is 51.7 Å². The highest BCUT2D eigenvalue weighted by molar-refractivity contribution is 5.77. The molecule has 0 aliphatic carbocycles. The minimum atomic E-state index is -0.0738. The van der Waals surface area contributed by atoms with Crippen LogP contribution in [-0.4, -0.2) is 44.6 Å². The van der Waals surface area contributed by atoms with E-state index in [0.717, 1.165) is 24.3 Å². The van der Waals surface area contributed by atoms with Crippen molar-refractivity contribution in [1.29, 1.82) is 0 Å². The van der Waals surface area contributed by atoms with Gasteiger partial charge in [0.2, 0.25) is 0 Å². The van der Waals surface area contributed by atoms with Gasteiger partial charge in [0.1, 0.15) is 5.75 Å². The smallest absolute Gasteiger partial charge is 0.257 e. The van der Waals surface area contributed by atoms with Crippen molar-refractivity contribution in [2.45, 2.75) is 13.3 Å². The number of hydrogen-bond donors (Lipinski definition) is 1. The molecule has 4 heteroatoms. The van der Waals surface area contributed by atoms with E-state index in [1.807, 2.05) is 45.3 Å². The summed E-state index contributed by atoms with van der Waals surface area (Å²) >= 11 is 0. The summed E-state index contributed by atoms with van der Waals surface area (Å²) in [5.74, 6) is 0.661. The first-order chi connectivity index (χ1) is 8.58. The molecule has 0 radical (unpaired) electrons. The van der Waals surface area contributed by atoms with Gasteiger partial charge in [-0.25, -0.2) is 0 Å². The van der Waals surface area contributed by atoms with Crippen LogP contribution in [0.25, 0.3) is 0 Å². The Balaban J connectivity index is 2.17. The second-order valence-corrected chi connectivity index (χ2v) is 4.61. The molecule has 0 fully saturated rings. The summed E-state index contributed by atoms with van der Waals surface area (Å²) in [4.78, 5) is 13.6. The molecule has 1 aromatic carbocycles. The van der Waals surface area contributed by atoms with E-state index in [1.54, 1.807) is 0 Å². The second kappa shape index (κ2) is 7.71. The fraction of sp³-hybridized carbons (Fsp3) is 0.500. The Morgan fingerprint density at radius 3 is 2.83 bits per heavy atom. The van der Waals surface area contributed by atoms with E-state index in [0.29, 0.717) is 6.54 Å². The average Bonchev–Trinajstić information content (AvgIpc) is 2.32. The average molecular weight is 250 g/mol. The van der Waals surface area contributed by atoms with Gasteiger partial charge in [-0.2, -0.15) is 0 Å². The van der Waals surface area contributed by atoms with E-state index >= 15 is 0 Å². The van der Waals surface area contributed by atoms with Crippen LogP contribution in [0.15, 0.2) is 24.3 Å². The van der Waals surface area contributed by atoms with Gasteiger partial charge in [0.15, 0.2) is 6.61 Å². The van der Waals surface area contributed by atoms with E-state index in [-0.39, 0.29) is 12.5 Å². The molecule has 1 amide bonds. The highest BCUT2D eigenvalue weighted by Gasteiger charge is 2.02. The molecule has 0 aliphatic rings. The van der Waals surface area contributed by atoms with Crippen molar-refractivity contribution in [3.63, 3.8) is 0 Å². The van der Waals surface area contributed by atoms with Crippen LogP contribution in [-0.2, 0) is 4.79 Å². The number of amides is 1. The van der Waals surface area contributed by atoms with E-state index in [2.05, 4.69) is 10.2 Å². The molecule has 1 rings (SSSR count). The molecule has 18 heavy (non-hydrogen) atoms. The van der Waals surface area contributed by atoms with Crippen molar-refractivity contribution >= 4 is 5.91 Å². The number of benzene rings is 1. The fourth-order valence-electron chi connectivity index (χ4n) is 1.53. The maximum absolute atomic E-state index is 11.5. The zero-order valence-electron chi connectivity index (χ0n) is 11.4. The number of carbonyl (C=O) groups excluding carboxylic acids is 1. The maximum Gasteiger partial charge on any atom is 0.257 e. The quantitative estimate of drug-likeness (QED) is 0.745. The lowest BCUT2D eigenvalue weighted by atomic mass is 10.2. The van der Waals surface area contributed by atoms with Crippen LogP contribution in [0, 0.1) is 6.92 Å². The third kappa shape index (κ3) is 6.25. The second-order valence-electron chi connectivity index (χ2n) is 4.61. The van der Waals surface area contributed by atoms with Crippen LogP contribution in [0.2, 0.25) is 0 Å². The molecule has 0 saturated carbocycles. The summed E-state index contributed by atoms with van der Waals surface area (Å²) in [6.07, 6.45) is 0.948. The molecule has 0 spiro atoms. The summed E-state index contributed by atoms with van der Waals surface area (Å²) in [5, 5.41) is 2.83. The standard InChI is InChI=1S/C14H22N2O2/c1-12-6-4-7-13(10-12)18-11-14(17)15-8-5-9-16(2)3/h4,6-7,10H,5,8-9,11H2,1-3H3,(H,15,17). The van der Waals surface area contributed by atoms with Crippen LogP contribution in [0.4, 0.5) is 0 Å². The molecular formula is C14H22N2O2. The first kappa shape index (κ1) is 14.5. The van der Waals surface area contributed by atoms with Crippen molar-refractivity contribution in [2.75, 3.05) is 33.8 Å². The zero-order chi connectivity index (χ0) is 13.4. The van der Waals surface area contributed by atoms with Gasteiger partial charge in [0.25, 0.3) is 5.91 Å². The van der Waals surface area contributed by atoms with Crippen LogP contribution >= 0.6 is 0 Å². The molecule has 0 aliphatic heterocycles. The minimum absolute atomic E-state index is 0.0738. The van der Waals surface area contributed by atoms with Gasteiger partial charge in [0.05, 0.1) is 0 Å². The fourth-order valence-corrected chi connectivity index (χ4v) is 1.53. The predicted molar refractivity (Wildman–Crippen MR) is 72.9 cm³/mol. The van der Waals surface area contributed by atoms with Gasteiger partial charge in [-0.15, -0.1) is 0 Å². The largest absolute Gasteiger partial charge is 0.484 e. The number of nitrogens with one attached hydrogen (secondary N) is 1. The summed E-state index contributed by atoms with van der Waals surface area (Å²) in [6.45, 7) is 3.73. The van der Waals surface area contributed by atoms with Gasteiger partial charge >= 0.3 is 0 Å². The van der Waals surface area contributed by atoms with Crippen molar-refractivity contribution in [3.05, 3.63) is 29.8 Å². The van der Waals surface area contributed by atoms with Crippen molar-refractivity contribution in [2.24, 2.45) is 0 Å². The Morgan fingerprint density at radius 2 is 2.17 bits per heavy atom. The Hall–Kier alpha value is -1.55. The number of nitrogens with zero attached hydrogens (tertiary/aromatic N) is 1. The summed E-state index contributed by atoms with van der Waals surface area (Å²) in [6, 6.07) is 7.68. The van der Waals surface area contributed by atoms with Crippen molar-refractivity contribution in [3.8, 4) is 5.75 Å². The Kier molecular flexibility index (Phi) is 6.22. The molecule has 0 unspecified atom stereocenters. The molecule has 100 valence electrons. The molecule has 0 bridgehead atoms. The van der Waals surface area contributed by atoms with E-state index < -0.39 is 0 Å². The maximum atomic E-state index is 11.5. The predicted octanol–water partition coefficient (Wildman–Crippen LogP) is 1.44. The van der Waals surface area contributed by atoms with Gasteiger partial charge in [-0.1, -0.05) is 12.1 Å².